The van der Waals surface area contributed by atoms with E-state index < -0.39 is 17.8 Å². The fraction of sp³-hybridized carbons (Fsp3) is 0.588. The van der Waals surface area contributed by atoms with Gasteiger partial charge in [-0.3, -0.25) is 9.59 Å². The highest BCUT2D eigenvalue weighted by atomic mass is 19.4. The van der Waals surface area contributed by atoms with Crippen LogP contribution < -0.4 is 10.6 Å². The molecule has 0 spiro atoms. The first kappa shape index (κ1) is 20.0. The molecule has 1 aliphatic rings. The number of hydrogen-bond acceptors (Lipinski definition) is 4. The first-order valence-corrected chi connectivity index (χ1v) is 8.56. The van der Waals surface area contributed by atoms with Gasteiger partial charge in [0.25, 0.3) is 0 Å². The number of anilines is 1. The molecule has 0 aromatic carbocycles. The Hall–Kier alpha value is -2.32. The van der Waals surface area contributed by atoms with Crippen LogP contribution in [0.25, 0.3) is 0 Å². The van der Waals surface area contributed by atoms with Crippen LogP contribution in [-0.2, 0) is 15.8 Å². The second kappa shape index (κ2) is 8.37. The molecule has 1 aromatic rings. The van der Waals surface area contributed by atoms with Gasteiger partial charge in [-0.1, -0.05) is 13.8 Å². The largest absolute Gasteiger partial charge is 0.419 e. The maximum atomic E-state index is 12.9. The molecule has 144 valence electrons. The third-order valence-electron chi connectivity index (χ3n) is 4.16. The van der Waals surface area contributed by atoms with Gasteiger partial charge in [0, 0.05) is 31.7 Å². The molecule has 0 unspecified atom stereocenters. The van der Waals surface area contributed by atoms with Crippen molar-refractivity contribution < 1.29 is 22.8 Å². The topological polar surface area (TPSA) is 74.3 Å². The Bertz CT molecular complexity index is 649. The average molecular weight is 372 g/mol. The van der Waals surface area contributed by atoms with Crippen molar-refractivity contribution in [1.29, 1.82) is 0 Å². The van der Waals surface area contributed by atoms with Crippen LogP contribution in [0.5, 0.6) is 0 Å². The number of aromatic nitrogens is 1. The lowest BCUT2D eigenvalue weighted by Gasteiger charge is -2.25. The Morgan fingerprint density at radius 3 is 2.73 bits per heavy atom. The summed E-state index contributed by atoms with van der Waals surface area (Å²) in [7, 11) is 0. The zero-order valence-electron chi connectivity index (χ0n) is 14.8. The molecular formula is C17H23F3N4O2. The highest BCUT2D eigenvalue weighted by molar-refractivity contribution is 5.88. The zero-order valence-corrected chi connectivity index (χ0v) is 14.8. The van der Waals surface area contributed by atoms with Crippen molar-refractivity contribution in [2.45, 2.75) is 38.9 Å². The van der Waals surface area contributed by atoms with Crippen LogP contribution in [0, 0.1) is 5.92 Å². The monoisotopic (exact) mass is 372 g/mol. The quantitative estimate of drug-likeness (QED) is 0.752. The van der Waals surface area contributed by atoms with Crippen molar-refractivity contribution in [3.05, 3.63) is 23.9 Å². The molecule has 1 saturated heterocycles. The highest BCUT2D eigenvalue weighted by Gasteiger charge is 2.35. The lowest BCUT2D eigenvalue weighted by atomic mass is 10.1. The Kier molecular flexibility index (Phi) is 6.44. The molecule has 2 N–H and O–H groups in total. The second-order valence-electron chi connectivity index (χ2n) is 6.46. The molecule has 0 saturated carbocycles. The van der Waals surface area contributed by atoms with E-state index in [2.05, 4.69) is 15.6 Å². The standard InChI is InChI=1S/C17H23F3N4O2/c1-11(2)16(26)24-10-4-6-13(24)15(25)23-9-8-22-14-12(17(18,19)20)5-3-7-21-14/h3,5,7,11,13H,4,6,8-10H2,1-2H3,(H,21,22)(H,23,25)/t13-/m1/s1. The van der Waals surface area contributed by atoms with Gasteiger partial charge in [-0.15, -0.1) is 0 Å². The second-order valence-corrected chi connectivity index (χ2v) is 6.46. The molecule has 2 rings (SSSR count). The van der Waals surface area contributed by atoms with E-state index in [1.807, 2.05) is 0 Å². The summed E-state index contributed by atoms with van der Waals surface area (Å²) >= 11 is 0. The lowest BCUT2D eigenvalue weighted by molar-refractivity contribution is -0.140. The Balaban J connectivity index is 1.85. The zero-order chi connectivity index (χ0) is 19.3. The summed E-state index contributed by atoms with van der Waals surface area (Å²) in [4.78, 5) is 29.7. The van der Waals surface area contributed by atoms with E-state index in [0.29, 0.717) is 13.0 Å². The molecule has 0 bridgehead atoms. The number of carbonyl (C=O) groups excluding carboxylic acids is 2. The minimum Gasteiger partial charge on any atom is -0.368 e. The van der Waals surface area contributed by atoms with Gasteiger partial charge in [0.05, 0.1) is 5.56 Å². The number of pyridine rings is 1. The smallest absolute Gasteiger partial charge is 0.368 e. The number of likely N-dealkylation sites (tertiary alicyclic amines) is 1. The summed E-state index contributed by atoms with van der Waals surface area (Å²) in [5.74, 6) is -0.804. The van der Waals surface area contributed by atoms with Gasteiger partial charge in [-0.05, 0) is 25.0 Å². The van der Waals surface area contributed by atoms with E-state index in [4.69, 9.17) is 0 Å². The highest BCUT2D eigenvalue weighted by Crippen LogP contribution is 2.33. The molecular weight excluding hydrogens is 349 g/mol. The summed E-state index contributed by atoms with van der Waals surface area (Å²) in [6, 6.07) is 1.66. The van der Waals surface area contributed by atoms with Crippen molar-refractivity contribution >= 4 is 17.6 Å². The Morgan fingerprint density at radius 2 is 2.08 bits per heavy atom. The summed E-state index contributed by atoms with van der Waals surface area (Å²) in [5, 5.41) is 5.26. The third kappa shape index (κ3) is 4.86. The summed E-state index contributed by atoms with van der Waals surface area (Å²) in [6.07, 6.45) is -1.88. The van der Waals surface area contributed by atoms with Gasteiger partial charge in [-0.2, -0.15) is 13.2 Å². The molecule has 1 aromatic heterocycles. The van der Waals surface area contributed by atoms with Crippen molar-refractivity contribution in [1.82, 2.24) is 15.2 Å². The molecule has 2 amide bonds. The molecule has 9 heteroatoms. The van der Waals surface area contributed by atoms with Crippen LogP contribution in [0.15, 0.2) is 18.3 Å². The minimum atomic E-state index is -4.50. The van der Waals surface area contributed by atoms with Gasteiger partial charge < -0.3 is 15.5 Å². The fourth-order valence-corrected chi connectivity index (χ4v) is 2.89. The molecule has 0 radical (unpaired) electrons. The Morgan fingerprint density at radius 1 is 1.35 bits per heavy atom. The number of hydrogen-bond donors (Lipinski definition) is 2. The predicted octanol–water partition coefficient (Wildman–Crippen LogP) is 2.28. The number of nitrogens with zero attached hydrogens (tertiary/aromatic N) is 2. The number of carbonyl (C=O) groups is 2. The van der Waals surface area contributed by atoms with Crippen LogP contribution in [0.1, 0.15) is 32.3 Å². The van der Waals surface area contributed by atoms with Crippen LogP contribution in [0.3, 0.4) is 0 Å². The molecule has 2 heterocycles. The number of nitrogens with one attached hydrogen (secondary N) is 2. The molecule has 0 aliphatic carbocycles. The fourth-order valence-electron chi connectivity index (χ4n) is 2.89. The third-order valence-corrected chi connectivity index (χ3v) is 4.16. The van der Waals surface area contributed by atoms with E-state index >= 15 is 0 Å². The predicted molar refractivity (Wildman–Crippen MR) is 90.3 cm³/mol. The maximum absolute atomic E-state index is 12.9. The first-order valence-electron chi connectivity index (χ1n) is 8.56. The van der Waals surface area contributed by atoms with Crippen LogP contribution in [0.4, 0.5) is 19.0 Å². The van der Waals surface area contributed by atoms with Crippen LogP contribution in [-0.4, -0.2) is 47.4 Å². The van der Waals surface area contributed by atoms with E-state index in [9.17, 15) is 22.8 Å². The number of amides is 2. The van der Waals surface area contributed by atoms with Crippen molar-refractivity contribution in [3.8, 4) is 0 Å². The van der Waals surface area contributed by atoms with E-state index in [1.54, 1.807) is 18.7 Å². The maximum Gasteiger partial charge on any atom is 0.419 e. The van der Waals surface area contributed by atoms with E-state index in [-0.39, 0.29) is 36.6 Å². The lowest BCUT2D eigenvalue weighted by Crippen LogP contribution is -2.48. The van der Waals surface area contributed by atoms with Crippen molar-refractivity contribution in [3.63, 3.8) is 0 Å². The van der Waals surface area contributed by atoms with Gasteiger partial charge in [0.15, 0.2) is 0 Å². The average Bonchev–Trinajstić information content (AvgIpc) is 3.06. The van der Waals surface area contributed by atoms with Gasteiger partial charge in [0.2, 0.25) is 11.8 Å². The number of alkyl halides is 3. The summed E-state index contributed by atoms with van der Waals surface area (Å²) in [5.41, 5.74) is -0.851. The minimum absolute atomic E-state index is 0.0657. The molecule has 6 nitrogen and oxygen atoms in total. The van der Waals surface area contributed by atoms with Crippen molar-refractivity contribution in [2.24, 2.45) is 5.92 Å². The van der Waals surface area contributed by atoms with Gasteiger partial charge >= 0.3 is 6.18 Å². The SMILES string of the molecule is CC(C)C(=O)N1CCC[C@@H]1C(=O)NCCNc1ncccc1C(F)(F)F. The van der Waals surface area contributed by atoms with E-state index in [0.717, 1.165) is 12.5 Å². The normalized spacial score (nSPS) is 17.5. The molecule has 1 fully saturated rings. The summed E-state index contributed by atoms with van der Waals surface area (Å²) in [6.45, 7) is 4.34. The van der Waals surface area contributed by atoms with Gasteiger partial charge in [-0.25, -0.2) is 4.98 Å². The van der Waals surface area contributed by atoms with Crippen LogP contribution in [0.2, 0.25) is 0 Å². The van der Waals surface area contributed by atoms with Crippen LogP contribution >= 0.6 is 0 Å². The number of rotatable bonds is 6. The van der Waals surface area contributed by atoms with E-state index in [1.165, 1.54) is 12.3 Å². The van der Waals surface area contributed by atoms with Gasteiger partial charge in [0.1, 0.15) is 11.9 Å². The Labute approximate surface area is 150 Å². The molecule has 26 heavy (non-hydrogen) atoms. The first-order chi connectivity index (χ1) is 12.2. The molecule has 1 atom stereocenters. The summed E-state index contributed by atoms with van der Waals surface area (Å²) < 4.78 is 38.7. The number of halogens is 3. The van der Waals surface area contributed by atoms with Crippen molar-refractivity contribution in [2.75, 3.05) is 25.0 Å². The molecule has 1 aliphatic heterocycles.